The van der Waals surface area contributed by atoms with Crippen molar-refractivity contribution in [2.75, 3.05) is 13.1 Å². The number of amides is 2. The van der Waals surface area contributed by atoms with Crippen molar-refractivity contribution in [3.63, 3.8) is 0 Å². The number of rotatable bonds is 3. The molecule has 0 saturated carbocycles. The zero-order valence-corrected chi connectivity index (χ0v) is 12.4. The van der Waals surface area contributed by atoms with Crippen LogP contribution in [0.4, 0.5) is 0 Å². The van der Waals surface area contributed by atoms with Crippen LogP contribution in [-0.2, 0) is 16.0 Å². The highest BCUT2D eigenvalue weighted by molar-refractivity contribution is 9.10. The molecule has 1 saturated heterocycles. The molecule has 0 aliphatic carbocycles. The molecule has 1 unspecified atom stereocenters. The first-order valence-corrected chi connectivity index (χ1v) is 7.22. The van der Waals surface area contributed by atoms with Gasteiger partial charge in [0, 0.05) is 17.6 Å². The highest BCUT2D eigenvalue weighted by atomic mass is 79.9. The van der Waals surface area contributed by atoms with Crippen molar-refractivity contribution in [1.82, 2.24) is 10.2 Å². The van der Waals surface area contributed by atoms with Crippen molar-refractivity contribution in [3.05, 3.63) is 34.3 Å². The lowest BCUT2D eigenvalue weighted by molar-refractivity contribution is -0.142. The fraction of sp³-hybridized carbons (Fsp3) is 0.429. The van der Waals surface area contributed by atoms with E-state index in [1.807, 2.05) is 31.2 Å². The van der Waals surface area contributed by atoms with Crippen molar-refractivity contribution in [3.8, 4) is 0 Å². The van der Waals surface area contributed by atoms with Gasteiger partial charge in [0.15, 0.2) is 0 Å². The average Bonchev–Trinajstić information content (AvgIpc) is 2.38. The Bertz CT molecular complexity index is 490. The Kier molecular flexibility index (Phi) is 4.58. The van der Waals surface area contributed by atoms with Crippen LogP contribution in [0.1, 0.15) is 18.9 Å². The van der Waals surface area contributed by atoms with E-state index in [0.717, 1.165) is 10.0 Å². The molecule has 1 atom stereocenters. The number of piperazine rings is 1. The monoisotopic (exact) mass is 324 g/mol. The average molecular weight is 325 g/mol. The van der Waals surface area contributed by atoms with E-state index in [-0.39, 0.29) is 17.9 Å². The van der Waals surface area contributed by atoms with E-state index < -0.39 is 0 Å². The highest BCUT2D eigenvalue weighted by Gasteiger charge is 2.31. The van der Waals surface area contributed by atoms with E-state index in [9.17, 15) is 9.59 Å². The lowest BCUT2D eigenvalue weighted by Crippen LogP contribution is -2.57. The number of carbonyl (C=O) groups excluding carboxylic acids is 2. The zero-order valence-electron chi connectivity index (χ0n) is 10.9. The topological polar surface area (TPSA) is 49.4 Å². The molecule has 102 valence electrons. The van der Waals surface area contributed by atoms with Gasteiger partial charge < -0.3 is 10.2 Å². The SMILES string of the molecule is CCC1C(=O)NCCN1C(=O)Cc1cccc(Br)c1. The summed E-state index contributed by atoms with van der Waals surface area (Å²) in [5.74, 6) is -0.0313. The van der Waals surface area contributed by atoms with Gasteiger partial charge in [-0.05, 0) is 24.1 Å². The third-order valence-electron chi connectivity index (χ3n) is 3.28. The first kappa shape index (κ1) is 14.1. The summed E-state index contributed by atoms with van der Waals surface area (Å²) >= 11 is 3.39. The molecule has 2 amide bonds. The molecule has 1 aliphatic heterocycles. The maximum atomic E-state index is 12.3. The second kappa shape index (κ2) is 6.19. The van der Waals surface area contributed by atoms with Crippen LogP contribution in [0.5, 0.6) is 0 Å². The molecule has 0 aromatic heterocycles. The maximum Gasteiger partial charge on any atom is 0.242 e. The summed E-state index contributed by atoms with van der Waals surface area (Å²) in [5.41, 5.74) is 0.959. The standard InChI is InChI=1S/C14H17BrN2O2/c1-2-12-14(19)16-6-7-17(12)13(18)9-10-4-3-5-11(15)8-10/h3-5,8,12H,2,6-7,9H2,1H3,(H,16,19). The van der Waals surface area contributed by atoms with Crippen molar-refractivity contribution in [1.29, 1.82) is 0 Å². The van der Waals surface area contributed by atoms with Gasteiger partial charge in [-0.3, -0.25) is 9.59 Å². The number of benzene rings is 1. The second-order valence-electron chi connectivity index (χ2n) is 4.61. The third kappa shape index (κ3) is 3.35. The van der Waals surface area contributed by atoms with Gasteiger partial charge in [-0.25, -0.2) is 0 Å². The number of nitrogens with zero attached hydrogens (tertiary/aromatic N) is 1. The minimum absolute atomic E-state index is 0.0137. The van der Waals surface area contributed by atoms with Crippen LogP contribution < -0.4 is 5.32 Å². The molecule has 1 aromatic carbocycles. The fourth-order valence-electron chi connectivity index (χ4n) is 2.34. The lowest BCUT2D eigenvalue weighted by Gasteiger charge is -2.34. The van der Waals surface area contributed by atoms with E-state index >= 15 is 0 Å². The summed E-state index contributed by atoms with van der Waals surface area (Å²) in [6.45, 7) is 3.06. The quantitative estimate of drug-likeness (QED) is 0.920. The van der Waals surface area contributed by atoms with Crippen LogP contribution in [-0.4, -0.2) is 35.8 Å². The zero-order chi connectivity index (χ0) is 13.8. The van der Waals surface area contributed by atoms with Gasteiger partial charge in [-0.2, -0.15) is 0 Å². The Hall–Kier alpha value is -1.36. The van der Waals surface area contributed by atoms with Crippen LogP contribution in [0.2, 0.25) is 0 Å². The van der Waals surface area contributed by atoms with Crippen LogP contribution in [0, 0.1) is 0 Å². The van der Waals surface area contributed by atoms with E-state index in [1.165, 1.54) is 0 Å². The van der Waals surface area contributed by atoms with Gasteiger partial charge >= 0.3 is 0 Å². The first-order chi connectivity index (χ1) is 9.11. The Morgan fingerprint density at radius 2 is 2.32 bits per heavy atom. The molecule has 1 aliphatic rings. The van der Waals surface area contributed by atoms with E-state index in [2.05, 4.69) is 21.2 Å². The largest absolute Gasteiger partial charge is 0.353 e. The smallest absolute Gasteiger partial charge is 0.242 e. The molecule has 1 N–H and O–H groups in total. The third-order valence-corrected chi connectivity index (χ3v) is 3.78. The minimum Gasteiger partial charge on any atom is -0.353 e. The molecule has 1 heterocycles. The Balaban J connectivity index is 2.08. The molecular formula is C14H17BrN2O2. The van der Waals surface area contributed by atoms with Crippen LogP contribution in [0.15, 0.2) is 28.7 Å². The van der Waals surface area contributed by atoms with E-state index in [1.54, 1.807) is 4.90 Å². The van der Waals surface area contributed by atoms with Gasteiger partial charge in [0.05, 0.1) is 6.42 Å². The van der Waals surface area contributed by atoms with Crippen molar-refractivity contribution < 1.29 is 9.59 Å². The molecule has 1 aromatic rings. The van der Waals surface area contributed by atoms with Gasteiger partial charge in [-0.15, -0.1) is 0 Å². The molecule has 2 rings (SSSR count). The molecular weight excluding hydrogens is 308 g/mol. The number of nitrogens with one attached hydrogen (secondary N) is 1. The lowest BCUT2D eigenvalue weighted by atomic mass is 10.1. The second-order valence-corrected chi connectivity index (χ2v) is 5.52. The highest BCUT2D eigenvalue weighted by Crippen LogP contribution is 2.15. The summed E-state index contributed by atoms with van der Waals surface area (Å²) in [4.78, 5) is 25.8. The first-order valence-electron chi connectivity index (χ1n) is 6.43. The number of hydrogen-bond donors (Lipinski definition) is 1. The fourth-order valence-corrected chi connectivity index (χ4v) is 2.79. The summed E-state index contributed by atoms with van der Waals surface area (Å²) in [6.07, 6.45) is 0.985. The number of halogens is 1. The van der Waals surface area contributed by atoms with Crippen LogP contribution in [0.25, 0.3) is 0 Å². The number of hydrogen-bond acceptors (Lipinski definition) is 2. The summed E-state index contributed by atoms with van der Waals surface area (Å²) in [7, 11) is 0. The van der Waals surface area contributed by atoms with E-state index in [4.69, 9.17) is 0 Å². The number of carbonyl (C=O) groups is 2. The van der Waals surface area contributed by atoms with Crippen molar-refractivity contribution in [2.24, 2.45) is 0 Å². The molecule has 5 heteroatoms. The van der Waals surface area contributed by atoms with Crippen LogP contribution >= 0.6 is 15.9 Å². The van der Waals surface area contributed by atoms with Crippen molar-refractivity contribution >= 4 is 27.7 Å². The van der Waals surface area contributed by atoms with Gasteiger partial charge in [0.2, 0.25) is 11.8 Å². The minimum atomic E-state index is -0.326. The summed E-state index contributed by atoms with van der Waals surface area (Å²) in [5, 5.41) is 2.80. The molecule has 0 spiro atoms. The molecule has 19 heavy (non-hydrogen) atoms. The van der Waals surface area contributed by atoms with Gasteiger partial charge in [0.25, 0.3) is 0 Å². The molecule has 4 nitrogen and oxygen atoms in total. The normalized spacial score (nSPS) is 19.2. The molecule has 0 radical (unpaired) electrons. The molecule has 1 fully saturated rings. The molecule has 0 bridgehead atoms. The summed E-state index contributed by atoms with van der Waals surface area (Å²) < 4.78 is 0.959. The predicted molar refractivity (Wildman–Crippen MR) is 76.6 cm³/mol. The van der Waals surface area contributed by atoms with Crippen molar-refractivity contribution in [2.45, 2.75) is 25.8 Å². The Morgan fingerprint density at radius 1 is 1.53 bits per heavy atom. The summed E-state index contributed by atoms with van der Waals surface area (Å²) in [6, 6.07) is 7.37. The van der Waals surface area contributed by atoms with E-state index in [0.29, 0.717) is 25.9 Å². The van der Waals surface area contributed by atoms with Crippen LogP contribution in [0.3, 0.4) is 0 Å². The van der Waals surface area contributed by atoms with Gasteiger partial charge in [-0.1, -0.05) is 35.0 Å². The maximum absolute atomic E-state index is 12.3. The predicted octanol–water partition coefficient (Wildman–Crippen LogP) is 1.73. The Labute approximate surface area is 121 Å². The Morgan fingerprint density at radius 3 is 3.00 bits per heavy atom. The van der Waals surface area contributed by atoms with Gasteiger partial charge in [0.1, 0.15) is 6.04 Å².